The summed E-state index contributed by atoms with van der Waals surface area (Å²) in [6.45, 7) is 2.50. The number of anilines is 1. The van der Waals surface area contributed by atoms with E-state index in [4.69, 9.17) is 4.74 Å². The zero-order valence-electron chi connectivity index (χ0n) is 13.0. The summed E-state index contributed by atoms with van der Waals surface area (Å²) in [4.78, 5) is 21.8. The first-order valence-corrected chi connectivity index (χ1v) is 7.49. The summed E-state index contributed by atoms with van der Waals surface area (Å²) in [7, 11) is 3.46. The molecule has 1 atom stereocenters. The number of carbonyl (C=O) groups is 1. The van der Waals surface area contributed by atoms with E-state index in [0.717, 1.165) is 0 Å². The molecule has 0 unspecified atom stereocenters. The third kappa shape index (κ3) is 4.58. The Kier molecular flexibility index (Phi) is 5.36. The molecule has 1 N–H and O–H groups in total. The number of nitrogens with zero attached hydrogens (tertiary/aromatic N) is 3. The summed E-state index contributed by atoms with van der Waals surface area (Å²) < 4.78 is 5.71. The molecule has 1 aliphatic carbocycles. The lowest BCUT2D eigenvalue weighted by Crippen LogP contribution is -2.36. The lowest BCUT2D eigenvalue weighted by atomic mass is 10.1. The number of hydrogen-bond donors (Lipinski definition) is 1. The molecule has 1 aromatic heterocycles. The van der Waals surface area contributed by atoms with Crippen molar-refractivity contribution in [1.29, 1.82) is 0 Å². The van der Waals surface area contributed by atoms with Gasteiger partial charge < -0.3 is 15.0 Å². The van der Waals surface area contributed by atoms with Crippen LogP contribution in [0.4, 0.5) is 5.82 Å². The van der Waals surface area contributed by atoms with Crippen molar-refractivity contribution in [2.75, 3.05) is 26.0 Å². The summed E-state index contributed by atoms with van der Waals surface area (Å²) in [6, 6.07) is -0.348. The molecule has 6 heteroatoms. The standard InChI is InChI=1S/C15H24N4O2/c1-11(15(20)19(2)3)17-13-8-16-9-14(18-13)21-10-12-6-4-5-7-12/h8-9,11-12H,4-7,10H2,1-3H3,(H,17,18)/t11-/m0/s1. The van der Waals surface area contributed by atoms with Crippen LogP contribution in [-0.2, 0) is 4.79 Å². The van der Waals surface area contributed by atoms with Gasteiger partial charge in [0.15, 0.2) is 0 Å². The Hall–Kier alpha value is -1.85. The molecule has 1 aliphatic rings. The molecule has 0 saturated heterocycles. The summed E-state index contributed by atoms with van der Waals surface area (Å²) in [5.74, 6) is 1.70. The second-order valence-corrected chi connectivity index (χ2v) is 5.80. The minimum absolute atomic E-state index is 0.00548. The summed E-state index contributed by atoms with van der Waals surface area (Å²) >= 11 is 0. The molecule has 0 radical (unpaired) electrons. The highest BCUT2D eigenvalue weighted by atomic mass is 16.5. The second kappa shape index (κ2) is 7.24. The number of aromatic nitrogens is 2. The number of hydrogen-bond acceptors (Lipinski definition) is 5. The van der Waals surface area contributed by atoms with Crippen molar-refractivity contribution in [3.63, 3.8) is 0 Å². The molecule has 2 rings (SSSR count). The minimum Gasteiger partial charge on any atom is -0.476 e. The van der Waals surface area contributed by atoms with E-state index in [0.29, 0.717) is 24.2 Å². The van der Waals surface area contributed by atoms with Crippen LogP contribution in [0.1, 0.15) is 32.6 Å². The summed E-state index contributed by atoms with van der Waals surface area (Å²) in [5, 5.41) is 3.05. The molecule has 1 aromatic rings. The van der Waals surface area contributed by atoms with E-state index in [-0.39, 0.29) is 11.9 Å². The number of carbonyl (C=O) groups excluding carboxylic acids is 1. The molecule has 1 heterocycles. The van der Waals surface area contributed by atoms with Gasteiger partial charge in [-0.1, -0.05) is 12.8 Å². The number of nitrogens with one attached hydrogen (secondary N) is 1. The molecule has 21 heavy (non-hydrogen) atoms. The fraction of sp³-hybridized carbons (Fsp3) is 0.667. The Balaban J connectivity index is 1.89. The molecule has 0 bridgehead atoms. The highest BCUT2D eigenvalue weighted by Crippen LogP contribution is 2.25. The fourth-order valence-corrected chi connectivity index (χ4v) is 2.54. The molecule has 0 aromatic carbocycles. The van der Waals surface area contributed by atoms with Gasteiger partial charge >= 0.3 is 0 Å². The van der Waals surface area contributed by atoms with Crippen LogP contribution in [0.25, 0.3) is 0 Å². The monoisotopic (exact) mass is 292 g/mol. The maximum absolute atomic E-state index is 11.8. The molecule has 1 saturated carbocycles. The highest BCUT2D eigenvalue weighted by molar-refractivity contribution is 5.83. The normalized spacial score (nSPS) is 16.5. The quantitative estimate of drug-likeness (QED) is 0.868. The third-order valence-corrected chi connectivity index (χ3v) is 3.73. The van der Waals surface area contributed by atoms with Gasteiger partial charge in [0.1, 0.15) is 11.9 Å². The van der Waals surface area contributed by atoms with Crippen LogP contribution in [0.3, 0.4) is 0 Å². The topological polar surface area (TPSA) is 67.4 Å². The van der Waals surface area contributed by atoms with Crippen molar-refractivity contribution in [2.45, 2.75) is 38.6 Å². The first kappa shape index (κ1) is 15.5. The zero-order valence-corrected chi connectivity index (χ0v) is 13.0. The maximum atomic E-state index is 11.8. The van der Waals surface area contributed by atoms with Crippen molar-refractivity contribution in [3.05, 3.63) is 12.4 Å². The predicted octanol–water partition coefficient (Wildman–Crippen LogP) is 1.93. The van der Waals surface area contributed by atoms with Gasteiger partial charge in [0.05, 0.1) is 19.0 Å². The molecule has 116 valence electrons. The predicted molar refractivity (Wildman–Crippen MR) is 81.3 cm³/mol. The van der Waals surface area contributed by atoms with Crippen LogP contribution in [0.2, 0.25) is 0 Å². The van der Waals surface area contributed by atoms with Gasteiger partial charge in [0.25, 0.3) is 0 Å². The van der Waals surface area contributed by atoms with Gasteiger partial charge in [-0.2, -0.15) is 4.98 Å². The van der Waals surface area contributed by atoms with E-state index in [1.807, 2.05) is 0 Å². The number of likely N-dealkylation sites (N-methyl/N-ethyl adjacent to an activating group) is 1. The van der Waals surface area contributed by atoms with Gasteiger partial charge in [-0.3, -0.25) is 9.78 Å². The molecule has 6 nitrogen and oxygen atoms in total. The molecule has 0 spiro atoms. The average Bonchev–Trinajstić information content (AvgIpc) is 2.98. The first-order valence-electron chi connectivity index (χ1n) is 7.49. The fourth-order valence-electron chi connectivity index (χ4n) is 2.54. The minimum atomic E-state index is -0.348. The van der Waals surface area contributed by atoms with Crippen LogP contribution in [0.5, 0.6) is 5.88 Å². The molecule has 0 aliphatic heterocycles. The Labute approximate surface area is 125 Å². The van der Waals surface area contributed by atoms with Crippen LogP contribution in [-0.4, -0.2) is 47.5 Å². The number of rotatable bonds is 6. The van der Waals surface area contributed by atoms with Crippen LogP contribution in [0, 0.1) is 5.92 Å². The first-order chi connectivity index (χ1) is 10.1. The maximum Gasteiger partial charge on any atom is 0.244 e. The van der Waals surface area contributed by atoms with Gasteiger partial charge in [0.2, 0.25) is 11.8 Å². The smallest absolute Gasteiger partial charge is 0.244 e. The second-order valence-electron chi connectivity index (χ2n) is 5.80. The Morgan fingerprint density at radius 2 is 2.14 bits per heavy atom. The van der Waals surface area contributed by atoms with Crippen molar-refractivity contribution in [1.82, 2.24) is 14.9 Å². The van der Waals surface area contributed by atoms with E-state index in [1.54, 1.807) is 38.3 Å². The van der Waals surface area contributed by atoms with Crippen LogP contribution < -0.4 is 10.1 Å². The molecular formula is C15H24N4O2. The summed E-state index contributed by atoms with van der Waals surface area (Å²) in [5.41, 5.74) is 0. The zero-order chi connectivity index (χ0) is 15.2. The van der Waals surface area contributed by atoms with Crippen LogP contribution in [0.15, 0.2) is 12.4 Å². The van der Waals surface area contributed by atoms with E-state index in [1.165, 1.54) is 25.7 Å². The number of amides is 1. The SMILES string of the molecule is C[C@H](Nc1cncc(OCC2CCCC2)n1)C(=O)N(C)C. The third-order valence-electron chi connectivity index (χ3n) is 3.73. The van der Waals surface area contributed by atoms with Crippen molar-refractivity contribution >= 4 is 11.7 Å². The Bertz CT molecular complexity index is 472. The van der Waals surface area contributed by atoms with Crippen molar-refractivity contribution < 1.29 is 9.53 Å². The van der Waals surface area contributed by atoms with Gasteiger partial charge in [-0.25, -0.2) is 0 Å². The highest BCUT2D eigenvalue weighted by Gasteiger charge is 2.17. The van der Waals surface area contributed by atoms with E-state index >= 15 is 0 Å². The largest absolute Gasteiger partial charge is 0.476 e. The van der Waals surface area contributed by atoms with Gasteiger partial charge in [-0.15, -0.1) is 0 Å². The van der Waals surface area contributed by atoms with Gasteiger partial charge in [-0.05, 0) is 25.7 Å². The van der Waals surface area contributed by atoms with E-state index < -0.39 is 0 Å². The van der Waals surface area contributed by atoms with E-state index in [2.05, 4.69) is 15.3 Å². The van der Waals surface area contributed by atoms with Crippen molar-refractivity contribution in [2.24, 2.45) is 5.92 Å². The lowest BCUT2D eigenvalue weighted by molar-refractivity contribution is -0.129. The summed E-state index contributed by atoms with van der Waals surface area (Å²) in [6.07, 6.45) is 8.27. The Morgan fingerprint density at radius 1 is 1.43 bits per heavy atom. The Morgan fingerprint density at radius 3 is 2.81 bits per heavy atom. The lowest BCUT2D eigenvalue weighted by Gasteiger charge is -2.18. The molecule has 1 fully saturated rings. The van der Waals surface area contributed by atoms with E-state index in [9.17, 15) is 4.79 Å². The van der Waals surface area contributed by atoms with Crippen LogP contribution >= 0.6 is 0 Å². The van der Waals surface area contributed by atoms with Crippen molar-refractivity contribution in [3.8, 4) is 5.88 Å². The average molecular weight is 292 g/mol. The van der Waals surface area contributed by atoms with Gasteiger partial charge in [0, 0.05) is 14.1 Å². The molecule has 1 amide bonds. The molecular weight excluding hydrogens is 268 g/mol. The number of ether oxygens (including phenoxy) is 1.